The molecule has 2 aromatic rings. The number of ether oxygens (including phenoxy) is 1. The smallest absolute Gasteiger partial charge is 0.411 e. The number of benzene rings is 1. The summed E-state index contributed by atoms with van der Waals surface area (Å²) in [6.07, 6.45) is 0.832. The zero-order valence-corrected chi connectivity index (χ0v) is 9.88. The molecule has 0 aliphatic heterocycles. The molecule has 1 amide bonds. The Bertz CT molecular complexity index is 644. The Balaban J connectivity index is 2.19. The van der Waals surface area contributed by atoms with Crippen molar-refractivity contribution >= 4 is 28.7 Å². The SMILES string of the molecule is C=CCOC(=O)Nc1ccc2cc(C(=O)O)oc2c1. The van der Waals surface area contributed by atoms with Crippen molar-refractivity contribution in [3.8, 4) is 0 Å². The first kappa shape index (κ1) is 12.7. The van der Waals surface area contributed by atoms with E-state index in [1.807, 2.05) is 0 Å². The van der Waals surface area contributed by atoms with Gasteiger partial charge in [0.1, 0.15) is 12.2 Å². The van der Waals surface area contributed by atoms with Gasteiger partial charge in [0.05, 0.1) is 0 Å². The number of nitrogens with one attached hydrogen (secondary N) is 1. The second kappa shape index (κ2) is 5.26. The lowest BCUT2D eigenvalue weighted by atomic mass is 10.2. The number of hydrogen-bond acceptors (Lipinski definition) is 4. The van der Waals surface area contributed by atoms with Crippen LogP contribution in [0.2, 0.25) is 0 Å². The highest BCUT2D eigenvalue weighted by molar-refractivity contribution is 5.94. The lowest BCUT2D eigenvalue weighted by Gasteiger charge is -2.04. The van der Waals surface area contributed by atoms with Gasteiger partial charge in [0.25, 0.3) is 0 Å². The normalized spacial score (nSPS) is 10.1. The summed E-state index contributed by atoms with van der Waals surface area (Å²) >= 11 is 0. The summed E-state index contributed by atoms with van der Waals surface area (Å²) < 4.78 is 9.88. The fraction of sp³-hybridized carbons (Fsp3) is 0.0769. The first-order valence-corrected chi connectivity index (χ1v) is 5.41. The van der Waals surface area contributed by atoms with Crippen LogP contribution in [0.25, 0.3) is 11.0 Å². The van der Waals surface area contributed by atoms with Crippen LogP contribution >= 0.6 is 0 Å². The fourth-order valence-electron chi connectivity index (χ4n) is 1.50. The van der Waals surface area contributed by atoms with Gasteiger partial charge in [-0.25, -0.2) is 9.59 Å². The van der Waals surface area contributed by atoms with E-state index in [2.05, 4.69) is 11.9 Å². The first-order chi connectivity index (χ1) is 9.10. The number of amides is 1. The van der Waals surface area contributed by atoms with E-state index in [0.717, 1.165) is 0 Å². The maximum Gasteiger partial charge on any atom is 0.411 e. The average Bonchev–Trinajstić information content (AvgIpc) is 2.79. The number of carboxylic acids is 1. The van der Waals surface area contributed by atoms with Crippen LogP contribution in [0.4, 0.5) is 10.5 Å². The second-order valence-electron chi connectivity index (χ2n) is 3.68. The highest BCUT2D eigenvalue weighted by Gasteiger charge is 2.11. The van der Waals surface area contributed by atoms with Gasteiger partial charge in [-0.2, -0.15) is 0 Å². The van der Waals surface area contributed by atoms with Crippen molar-refractivity contribution in [3.05, 3.63) is 42.7 Å². The van der Waals surface area contributed by atoms with Crippen LogP contribution in [0.5, 0.6) is 0 Å². The zero-order valence-electron chi connectivity index (χ0n) is 9.88. The van der Waals surface area contributed by atoms with Crippen molar-refractivity contribution in [1.29, 1.82) is 0 Å². The summed E-state index contributed by atoms with van der Waals surface area (Å²) in [5.41, 5.74) is 0.826. The van der Waals surface area contributed by atoms with Crippen LogP contribution < -0.4 is 5.32 Å². The molecule has 0 atom stereocenters. The van der Waals surface area contributed by atoms with E-state index in [4.69, 9.17) is 14.3 Å². The molecule has 19 heavy (non-hydrogen) atoms. The van der Waals surface area contributed by atoms with E-state index in [9.17, 15) is 9.59 Å². The van der Waals surface area contributed by atoms with Crippen LogP contribution in [-0.2, 0) is 4.74 Å². The van der Waals surface area contributed by atoms with Gasteiger partial charge in [-0.05, 0) is 18.2 Å². The molecule has 2 rings (SSSR count). The van der Waals surface area contributed by atoms with Gasteiger partial charge in [-0.15, -0.1) is 0 Å². The topological polar surface area (TPSA) is 88.8 Å². The summed E-state index contributed by atoms with van der Waals surface area (Å²) in [6, 6.07) is 6.21. The van der Waals surface area contributed by atoms with Gasteiger partial charge in [0.2, 0.25) is 5.76 Å². The average molecular weight is 261 g/mol. The molecule has 6 nitrogen and oxygen atoms in total. The van der Waals surface area contributed by atoms with Crippen molar-refractivity contribution in [2.24, 2.45) is 0 Å². The minimum absolute atomic E-state index is 0.109. The standard InChI is InChI=1S/C13H11NO5/c1-2-5-18-13(17)14-9-4-3-8-6-11(12(15)16)19-10(8)7-9/h2-4,6-7H,1,5H2,(H,14,17)(H,15,16). The molecule has 0 fully saturated rings. The Morgan fingerprint density at radius 1 is 1.42 bits per heavy atom. The number of anilines is 1. The summed E-state index contributed by atoms with van der Waals surface area (Å²) in [5, 5.41) is 11.9. The molecule has 0 saturated carbocycles. The van der Waals surface area contributed by atoms with E-state index in [1.165, 1.54) is 18.2 Å². The predicted molar refractivity (Wildman–Crippen MR) is 68.3 cm³/mol. The van der Waals surface area contributed by atoms with Crippen LogP contribution in [0.1, 0.15) is 10.6 Å². The van der Waals surface area contributed by atoms with Crippen LogP contribution in [-0.4, -0.2) is 23.8 Å². The summed E-state index contributed by atoms with van der Waals surface area (Å²) in [5.74, 6) is -1.29. The number of carbonyl (C=O) groups is 2. The third-order valence-electron chi connectivity index (χ3n) is 2.31. The number of rotatable bonds is 4. The monoisotopic (exact) mass is 261 g/mol. The minimum atomic E-state index is -1.14. The molecule has 0 unspecified atom stereocenters. The Morgan fingerprint density at radius 3 is 2.89 bits per heavy atom. The van der Waals surface area contributed by atoms with Gasteiger partial charge in [0, 0.05) is 17.1 Å². The van der Waals surface area contributed by atoms with Crippen molar-refractivity contribution < 1.29 is 23.8 Å². The lowest BCUT2D eigenvalue weighted by molar-refractivity contribution is 0.0665. The maximum absolute atomic E-state index is 11.3. The van der Waals surface area contributed by atoms with Crippen molar-refractivity contribution in [3.63, 3.8) is 0 Å². The molecule has 0 aliphatic carbocycles. The molecular weight excluding hydrogens is 250 g/mol. The van der Waals surface area contributed by atoms with Crippen molar-refractivity contribution in [1.82, 2.24) is 0 Å². The second-order valence-corrected chi connectivity index (χ2v) is 3.68. The summed E-state index contributed by atoms with van der Waals surface area (Å²) in [6.45, 7) is 3.53. The van der Waals surface area contributed by atoms with Gasteiger partial charge >= 0.3 is 12.1 Å². The molecule has 0 radical (unpaired) electrons. The van der Waals surface area contributed by atoms with Gasteiger partial charge < -0.3 is 14.3 Å². The Kier molecular flexibility index (Phi) is 3.51. The summed E-state index contributed by atoms with van der Waals surface area (Å²) in [4.78, 5) is 22.1. The number of furan rings is 1. The molecule has 1 aromatic carbocycles. The molecular formula is C13H11NO5. The van der Waals surface area contributed by atoms with Crippen molar-refractivity contribution in [2.45, 2.75) is 0 Å². The van der Waals surface area contributed by atoms with E-state index in [0.29, 0.717) is 16.7 Å². The van der Waals surface area contributed by atoms with Crippen LogP contribution in [0, 0.1) is 0 Å². The summed E-state index contributed by atoms with van der Waals surface area (Å²) in [7, 11) is 0. The molecule has 0 aliphatic rings. The largest absolute Gasteiger partial charge is 0.475 e. The number of carbonyl (C=O) groups excluding carboxylic acids is 1. The Labute approximate surface area is 108 Å². The van der Waals surface area contributed by atoms with Gasteiger partial charge in [-0.1, -0.05) is 12.7 Å². The third-order valence-corrected chi connectivity index (χ3v) is 2.31. The van der Waals surface area contributed by atoms with Gasteiger partial charge in [0.15, 0.2) is 0 Å². The van der Waals surface area contributed by atoms with Gasteiger partial charge in [-0.3, -0.25) is 5.32 Å². The third kappa shape index (κ3) is 2.92. The maximum atomic E-state index is 11.3. The van der Waals surface area contributed by atoms with E-state index in [1.54, 1.807) is 12.1 Å². The molecule has 0 saturated heterocycles. The Hall–Kier alpha value is -2.76. The quantitative estimate of drug-likeness (QED) is 0.826. The van der Waals surface area contributed by atoms with Crippen LogP contribution in [0.15, 0.2) is 41.3 Å². The predicted octanol–water partition coefficient (Wildman–Crippen LogP) is 2.87. The molecule has 98 valence electrons. The molecule has 0 bridgehead atoms. The number of aromatic carboxylic acids is 1. The number of fused-ring (bicyclic) bond motifs is 1. The lowest BCUT2D eigenvalue weighted by Crippen LogP contribution is -2.13. The molecule has 0 spiro atoms. The highest BCUT2D eigenvalue weighted by atomic mass is 16.5. The zero-order chi connectivity index (χ0) is 13.8. The highest BCUT2D eigenvalue weighted by Crippen LogP contribution is 2.23. The molecule has 1 heterocycles. The first-order valence-electron chi connectivity index (χ1n) is 5.41. The minimum Gasteiger partial charge on any atom is -0.475 e. The fourth-order valence-corrected chi connectivity index (χ4v) is 1.50. The Morgan fingerprint density at radius 2 is 2.21 bits per heavy atom. The molecule has 1 aromatic heterocycles. The van der Waals surface area contributed by atoms with E-state index < -0.39 is 12.1 Å². The molecule has 6 heteroatoms. The van der Waals surface area contributed by atoms with E-state index >= 15 is 0 Å². The van der Waals surface area contributed by atoms with Crippen molar-refractivity contribution in [2.75, 3.05) is 11.9 Å². The van der Waals surface area contributed by atoms with Crippen LogP contribution in [0.3, 0.4) is 0 Å². The molecule has 2 N–H and O–H groups in total. The number of hydrogen-bond donors (Lipinski definition) is 2. The van der Waals surface area contributed by atoms with E-state index in [-0.39, 0.29) is 12.4 Å². The number of carboxylic acid groups (broad SMARTS) is 1.